The lowest BCUT2D eigenvalue weighted by atomic mass is 10.1. The molecule has 2 aromatic heterocycles. The molecular weight excluding hydrogens is 378 g/mol. The van der Waals surface area contributed by atoms with Gasteiger partial charge in [-0.15, -0.1) is 0 Å². The Hall–Kier alpha value is -4.26. The lowest BCUT2D eigenvalue weighted by molar-refractivity contribution is 0.101. The zero-order valence-corrected chi connectivity index (χ0v) is 16.2. The van der Waals surface area contributed by atoms with Gasteiger partial charge in [-0.1, -0.05) is 24.3 Å². The van der Waals surface area contributed by atoms with Crippen molar-refractivity contribution < 1.29 is 9.59 Å². The number of amides is 2. The van der Waals surface area contributed by atoms with E-state index in [-0.39, 0.29) is 11.8 Å². The fourth-order valence-electron chi connectivity index (χ4n) is 3.07. The summed E-state index contributed by atoms with van der Waals surface area (Å²) in [6, 6.07) is 17.7. The number of hydrogen-bond acceptors (Lipinski definition) is 4. The summed E-state index contributed by atoms with van der Waals surface area (Å²) in [6.45, 7) is 0. The molecule has 0 atom stereocenters. The van der Waals surface area contributed by atoms with Crippen molar-refractivity contribution in [1.29, 1.82) is 0 Å². The molecule has 0 saturated heterocycles. The number of imidazole rings is 1. The first kappa shape index (κ1) is 19.1. The largest absolute Gasteiger partial charge is 0.334 e. The molecule has 0 radical (unpaired) electrons. The van der Waals surface area contributed by atoms with Crippen molar-refractivity contribution >= 4 is 23.2 Å². The van der Waals surface area contributed by atoms with Crippen molar-refractivity contribution in [2.75, 3.05) is 10.6 Å². The minimum Gasteiger partial charge on any atom is -0.334 e. The van der Waals surface area contributed by atoms with Gasteiger partial charge in [-0.25, -0.2) is 4.98 Å². The second-order valence-corrected chi connectivity index (χ2v) is 6.64. The fraction of sp³-hybridized carbons (Fsp3) is 0.0435. The number of rotatable bonds is 5. The second-order valence-electron chi connectivity index (χ2n) is 6.64. The summed E-state index contributed by atoms with van der Waals surface area (Å²) < 4.78 is 1.86. The highest BCUT2D eigenvalue weighted by Crippen LogP contribution is 2.23. The van der Waals surface area contributed by atoms with Crippen LogP contribution in [-0.2, 0) is 7.05 Å². The Morgan fingerprint density at radius 3 is 2.33 bits per heavy atom. The minimum absolute atomic E-state index is 0.260. The van der Waals surface area contributed by atoms with E-state index >= 15 is 0 Å². The number of carbonyl (C=O) groups is 2. The third-order valence-electron chi connectivity index (χ3n) is 4.54. The van der Waals surface area contributed by atoms with Gasteiger partial charge in [-0.05, 0) is 36.4 Å². The van der Waals surface area contributed by atoms with Crippen molar-refractivity contribution in [3.05, 3.63) is 96.6 Å². The summed E-state index contributed by atoms with van der Waals surface area (Å²) >= 11 is 0. The van der Waals surface area contributed by atoms with Crippen LogP contribution in [0.15, 0.2) is 85.5 Å². The Morgan fingerprint density at radius 1 is 0.867 bits per heavy atom. The first-order valence-corrected chi connectivity index (χ1v) is 9.31. The van der Waals surface area contributed by atoms with Crippen molar-refractivity contribution in [1.82, 2.24) is 14.5 Å². The quantitative estimate of drug-likeness (QED) is 0.533. The van der Waals surface area contributed by atoms with Crippen molar-refractivity contribution in [3.8, 4) is 11.4 Å². The van der Waals surface area contributed by atoms with Crippen molar-refractivity contribution in [3.63, 3.8) is 0 Å². The van der Waals surface area contributed by atoms with Crippen LogP contribution < -0.4 is 10.6 Å². The van der Waals surface area contributed by atoms with E-state index in [1.807, 2.05) is 36.0 Å². The molecule has 0 spiro atoms. The van der Waals surface area contributed by atoms with E-state index in [0.717, 1.165) is 5.56 Å². The number of pyridine rings is 1. The van der Waals surface area contributed by atoms with Crippen molar-refractivity contribution in [2.24, 2.45) is 7.05 Å². The molecule has 2 aromatic carbocycles. The second kappa shape index (κ2) is 8.40. The molecule has 0 aliphatic rings. The number of benzene rings is 2. The zero-order valence-electron chi connectivity index (χ0n) is 16.2. The molecule has 7 heteroatoms. The van der Waals surface area contributed by atoms with Gasteiger partial charge in [0.15, 0.2) is 0 Å². The number of aryl methyl sites for hydroxylation is 1. The van der Waals surface area contributed by atoms with Crippen LogP contribution >= 0.6 is 0 Å². The summed E-state index contributed by atoms with van der Waals surface area (Å²) in [5, 5.41) is 5.70. The SMILES string of the molecule is Cn1ccnc1-c1ccccc1C(=O)Nc1cccc(NC(=O)c2cccnc2)c1. The van der Waals surface area contributed by atoms with Crippen LogP contribution in [-0.4, -0.2) is 26.3 Å². The predicted octanol–water partition coefficient (Wildman–Crippen LogP) is 3.99. The third kappa shape index (κ3) is 4.10. The van der Waals surface area contributed by atoms with Crippen LogP contribution in [0.5, 0.6) is 0 Å². The van der Waals surface area contributed by atoms with Gasteiger partial charge < -0.3 is 15.2 Å². The van der Waals surface area contributed by atoms with E-state index in [4.69, 9.17) is 0 Å². The van der Waals surface area contributed by atoms with Crippen LogP contribution in [0.1, 0.15) is 20.7 Å². The lowest BCUT2D eigenvalue weighted by Gasteiger charge is -2.11. The first-order chi connectivity index (χ1) is 14.6. The molecule has 4 aromatic rings. The molecule has 148 valence electrons. The van der Waals surface area contributed by atoms with Gasteiger partial charge in [-0.3, -0.25) is 14.6 Å². The molecule has 4 rings (SSSR count). The molecule has 0 aliphatic carbocycles. The fourth-order valence-corrected chi connectivity index (χ4v) is 3.07. The normalized spacial score (nSPS) is 10.4. The summed E-state index contributed by atoms with van der Waals surface area (Å²) in [6.07, 6.45) is 6.63. The molecule has 7 nitrogen and oxygen atoms in total. The Labute approximate surface area is 173 Å². The Balaban J connectivity index is 1.53. The highest BCUT2D eigenvalue weighted by molar-refractivity contribution is 6.09. The van der Waals surface area contributed by atoms with Crippen LogP contribution in [0.4, 0.5) is 11.4 Å². The molecule has 0 aliphatic heterocycles. The molecule has 0 fully saturated rings. The van der Waals surface area contributed by atoms with Gasteiger partial charge in [0.1, 0.15) is 5.82 Å². The van der Waals surface area contributed by atoms with Crippen molar-refractivity contribution in [2.45, 2.75) is 0 Å². The topological polar surface area (TPSA) is 88.9 Å². The number of carbonyl (C=O) groups excluding carboxylic acids is 2. The number of hydrogen-bond donors (Lipinski definition) is 2. The molecular formula is C23H19N5O2. The van der Waals surface area contributed by atoms with E-state index in [0.29, 0.717) is 28.3 Å². The Bertz CT molecular complexity index is 1200. The molecule has 0 saturated carbocycles. The van der Waals surface area contributed by atoms with E-state index in [1.165, 1.54) is 6.20 Å². The highest BCUT2D eigenvalue weighted by atomic mass is 16.2. The number of aromatic nitrogens is 3. The van der Waals surface area contributed by atoms with Crippen LogP contribution in [0.2, 0.25) is 0 Å². The van der Waals surface area contributed by atoms with E-state index in [2.05, 4.69) is 20.6 Å². The zero-order chi connectivity index (χ0) is 20.9. The van der Waals surface area contributed by atoms with Crippen LogP contribution in [0.25, 0.3) is 11.4 Å². The maximum absolute atomic E-state index is 13.0. The summed E-state index contributed by atoms with van der Waals surface area (Å²) in [5.41, 5.74) is 2.84. The number of nitrogens with zero attached hydrogens (tertiary/aromatic N) is 3. The molecule has 0 unspecified atom stereocenters. The average Bonchev–Trinajstić information content (AvgIpc) is 3.20. The van der Waals surface area contributed by atoms with E-state index < -0.39 is 0 Å². The predicted molar refractivity (Wildman–Crippen MR) is 115 cm³/mol. The molecule has 0 bridgehead atoms. The molecule has 2 amide bonds. The van der Waals surface area contributed by atoms with Crippen LogP contribution in [0, 0.1) is 0 Å². The van der Waals surface area contributed by atoms with Gasteiger partial charge in [0.25, 0.3) is 11.8 Å². The Kier molecular flexibility index (Phi) is 5.34. The third-order valence-corrected chi connectivity index (χ3v) is 4.54. The maximum atomic E-state index is 13.0. The van der Waals surface area contributed by atoms with Gasteiger partial charge in [0, 0.05) is 48.8 Å². The average molecular weight is 397 g/mol. The van der Waals surface area contributed by atoms with Crippen LogP contribution in [0.3, 0.4) is 0 Å². The smallest absolute Gasteiger partial charge is 0.257 e. The number of nitrogens with one attached hydrogen (secondary N) is 2. The van der Waals surface area contributed by atoms with E-state index in [9.17, 15) is 9.59 Å². The first-order valence-electron chi connectivity index (χ1n) is 9.31. The van der Waals surface area contributed by atoms with Gasteiger partial charge in [0.05, 0.1) is 11.1 Å². The minimum atomic E-state index is -0.272. The molecule has 2 heterocycles. The Morgan fingerprint density at radius 2 is 1.63 bits per heavy atom. The van der Waals surface area contributed by atoms with Gasteiger partial charge in [0.2, 0.25) is 0 Å². The van der Waals surface area contributed by atoms with Gasteiger partial charge >= 0.3 is 0 Å². The monoisotopic (exact) mass is 397 g/mol. The molecule has 30 heavy (non-hydrogen) atoms. The summed E-state index contributed by atoms with van der Waals surface area (Å²) in [7, 11) is 1.88. The van der Waals surface area contributed by atoms with Gasteiger partial charge in [-0.2, -0.15) is 0 Å². The highest BCUT2D eigenvalue weighted by Gasteiger charge is 2.15. The number of anilines is 2. The maximum Gasteiger partial charge on any atom is 0.257 e. The molecule has 2 N–H and O–H groups in total. The standard InChI is InChI=1S/C23H19N5O2/c1-28-13-12-25-21(28)19-9-2-3-10-20(19)23(30)27-18-8-4-7-17(14-18)26-22(29)16-6-5-11-24-15-16/h2-15H,1H3,(H,26,29)(H,27,30). The van der Waals surface area contributed by atoms with E-state index in [1.54, 1.807) is 54.9 Å². The summed E-state index contributed by atoms with van der Waals surface area (Å²) in [4.78, 5) is 33.6. The summed E-state index contributed by atoms with van der Waals surface area (Å²) in [5.74, 6) is 0.175. The lowest BCUT2D eigenvalue weighted by Crippen LogP contribution is -2.15.